The van der Waals surface area contributed by atoms with Crippen LogP contribution in [0.15, 0.2) is 34.9 Å². The summed E-state index contributed by atoms with van der Waals surface area (Å²) in [4.78, 5) is 4.05. The van der Waals surface area contributed by atoms with E-state index in [1.807, 2.05) is 0 Å². The van der Waals surface area contributed by atoms with Gasteiger partial charge in [-0.1, -0.05) is 46.4 Å². The Kier molecular flexibility index (Phi) is 4.28. The van der Waals surface area contributed by atoms with Crippen molar-refractivity contribution in [2.75, 3.05) is 0 Å². The fourth-order valence-corrected chi connectivity index (χ4v) is 1.69. The molecule has 0 fully saturated rings. The second kappa shape index (κ2) is 5.57. The first-order valence-electron chi connectivity index (χ1n) is 4.86. The minimum atomic E-state index is -1.62. The van der Waals surface area contributed by atoms with E-state index >= 15 is 0 Å². The Hall–Kier alpha value is -0.610. The van der Waals surface area contributed by atoms with Crippen LogP contribution in [0.2, 0.25) is 5.02 Å². The Bertz CT molecular complexity index is 522. The first-order valence-corrected chi connectivity index (χ1v) is 6.37. The molecule has 0 spiro atoms. The quantitative estimate of drug-likeness (QED) is 0.764. The summed E-state index contributed by atoms with van der Waals surface area (Å²) < 4.78 is 8.91. The summed E-state index contributed by atoms with van der Waals surface area (Å²) in [5.74, 6) is 0.837. The molecule has 0 unspecified atom stereocenters. The van der Waals surface area contributed by atoms with Crippen LogP contribution >= 0.6 is 46.4 Å². The van der Waals surface area contributed by atoms with Crippen LogP contribution in [0.1, 0.15) is 11.5 Å². The third-order valence-corrected chi connectivity index (χ3v) is 2.90. The van der Waals surface area contributed by atoms with Crippen molar-refractivity contribution in [2.45, 2.75) is 10.4 Å². The lowest BCUT2D eigenvalue weighted by molar-refractivity contribution is 0.260. The molecule has 3 nitrogen and oxygen atoms in total. The number of rotatable bonds is 3. The van der Waals surface area contributed by atoms with E-state index in [4.69, 9.17) is 55.6 Å². The highest BCUT2D eigenvalue weighted by atomic mass is 35.6. The van der Waals surface area contributed by atoms with Crippen molar-refractivity contribution in [3.8, 4) is 5.88 Å². The SMILES string of the molecule is Clc1ccc(C(Cl)(Cl)Cl)nc1OCc1ccco1. The second-order valence-electron chi connectivity index (χ2n) is 3.35. The van der Waals surface area contributed by atoms with Crippen molar-refractivity contribution in [1.82, 2.24) is 4.98 Å². The molecule has 0 N–H and O–H groups in total. The van der Waals surface area contributed by atoms with Gasteiger partial charge < -0.3 is 9.15 Å². The zero-order valence-electron chi connectivity index (χ0n) is 8.87. The number of ether oxygens (including phenoxy) is 1. The molecule has 2 heterocycles. The van der Waals surface area contributed by atoms with Crippen molar-refractivity contribution in [1.29, 1.82) is 0 Å². The fourth-order valence-electron chi connectivity index (χ4n) is 1.22. The average Bonchev–Trinajstić information content (AvgIpc) is 2.79. The maximum Gasteiger partial charge on any atom is 0.233 e. The fraction of sp³-hybridized carbons (Fsp3) is 0.182. The molecule has 0 amide bonds. The zero-order valence-corrected chi connectivity index (χ0v) is 11.9. The molecule has 18 heavy (non-hydrogen) atoms. The number of aromatic nitrogens is 1. The lowest BCUT2D eigenvalue weighted by atomic mass is 10.4. The van der Waals surface area contributed by atoms with Crippen molar-refractivity contribution < 1.29 is 9.15 Å². The average molecular weight is 327 g/mol. The third kappa shape index (κ3) is 3.45. The molecule has 0 aliphatic rings. The highest BCUT2D eigenvalue weighted by Crippen LogP contribution is 2.38. The van der Waals surface area contributed by atoms with Crippen LogP contribution in [0.3, 0.4) is 0 Å². The second-order valence-corrected chi connectivity index (χ2v) is 6.04. The topological polar surface area (TPSA) is 35.3 Å². The van der Waals surface area contributed by atoms with Gasteiger partial charge in [-0.05, 0) is 24.3 Å². The first kappa shape index (κ1) is 13.8. The van der Waals surface area contributed by atoms with Crippen LogP contribution in [0.25, 0.3) is 0 Å². The van der Waals surface area contributed by atoms with Crippen LogP contribution in [0, 0.1) is 0 Å². The van der Waals surface area contributed by atoms with Crippen LogP contribution in [0.5, 0.6) is 5.88 Å². The van der Waals surface area contributed by atoms with Gasteiger partial charge in [-0.3, -0.25) is 0 Å². The van der Waals surface area contributed by atoms with Crippen molar-refractivity contribution in [3.05, 3.63) is 47.0 Å². The summed E-state index contributed by atoms with van der Waals surface area (Å²) in [5.41, 5.74) is 0.242. The summed E-state index contributed by atoms with van der Waals surface area (Å²) >= 11 is 23.1. The normalized spacial score (nSPS) is 11.6. The molecule has 7 heteroatoms. The van der Waals surface area contributed by atoms with Crippen molar-refractivity contribution >= 4 is 46.4 Å². The van der Waals surface area contributed by atoms with Crippen LogP contribution in [-0.4, -0.2) is 4.98 Å². The third-order valence-electron chi connectivity index (χ3n) is 2.04. The number of furan rings is 1. The van der Waals surface area contributed by atoms with E-state index in [-0.39, 0.29) is 18.2 Å². The molecule has 0 aliphatic carbocycles. The van der Waals surface area contributed by atoms with E-state index in [0.29, 0.717) is 10.8 Å². The van der Waals surface area contributed by atoms with Gasteiger partial charge in [0.1, 0.15) is 17.4 Å². The molecule has 2 rings (SSSR count). The summed E-state index contributed by atoms with van der Waals surface area (Å²) in [6.07, 6.45) is 1.55. The summed E-state index contributed by atoms with van der Waals surface area (Å²) in [5, 5.41) is 0.333. The molecular weight excluding hydrogens is 320 g/mol. The summed E-state index contributed by atoms with van der Waals surface area (Å²) in [6.45, 7) is 0.197. The molecule has 0 aromatic carbocycles. The Morgan fingerprint density at radius 1 is 1.22 bits per heavy atom. The smallest absolute Gasteiger partial charge is 0.233 e. The van der Waals surface area contributed by atoms with Crippen LogP contribution in [-0.2, 0) is 10.4 Å². The minimum Gasteiger partial charge on any atom is -0.468 e. The van der Waals surface area contributed by atoms with Gasteiger partial charge in [0, 0.05) is 0 Å². The first-order chi connectivity index (χ1) is 8.47. The molecule has 0 radical (unpaired) electrons. The van der Waals surface area contributed by atoms with Gasteiger partial charge in [-0.2, -0.15) is 0 Å². The highest BCUT2D eigenvalue weighted by Gasteiger charge is 2.25. The lowest BCUT2D eigenvalue weighted by Gasteiger charge is -2.12. The Balaban J connectivity index is 2.16. The largest absolute Gasteiger partial charge is 0.468 e. The standard InChI is InChI=1S/C11H7Cl4NO2/c12-8-3-4-9(11(13,14)15)16-10(8)18-6-7-2-1-5-17-7/h1-5H,6H2. The Morgan fingerprint density at radius 2 is 2.00 bits per heavy atom. The molecule has 2 aromatic heterocycles. The molecule has 0 saturated heterocycles. The van der Waals surface area contributed by atoms with Crippen LogP contribution in [0.4, 0.5) is 0 Å². The molecular formula is C11H7Cl4NO2. The number of nitrogens with zero attached hydrogens (tertiary/aromatic N) is 1. The van der Waals surface area contributed by atoms with Crippen molar-refractivity contribution in [3.63, 3.8) is 0 Å². The number of halogens is 4. The summed E-state index contributed by atoms with van der Waals surface area (Å²) in [7, 11) is 0. The highest BCUT2D eigenvalue weighted by molar-refractivity contribution is 6.66. The maximum absolute atomic E-state index is 5.94. The minimum absolute atomic E-state index is 0.192. The van der Waals surface area contributed by atoms with Gasteiger partial charge in [0.2, 0.25) is 9.67 Å². The molecule has 0 saturated carbocycles. The van der Waals surface area contributed by atoms with E-state index in [1.165, 1.54) is 6.07 Å². The Labute approximate surface area is 124 Å². The maximum atomic E-state index is 5.94. The predicted octanol–water partition coefficient (Wildman–Crippen LogP) is 4.73. The molecule has 96 valence electrons. The molecule has 0 bridgehead atoms. The number of pyridine rings is 1. The van der Waals surface area contributed by atoms with E-state index in [2.05, 4.69) is 4.98 Å². The van der Waals surface area contributed by atoms with E-state index in [0.717, 1.165) is 0 Å². The van der Waals surface area contributed by atoms with E-state index < -0.39 is 3.79 Å². The van der Waals surface area contributed by atoms with Gasteiger partial charge >= 0.3 is 0 Å². The number of hydrogen-bond donors (Lipinski definition) is 0. The number of alkyl halides is 3. The van der Waals surface area contributed by atoms with Crippen molar-refractivity contribution in [2.24, 2.45) is 0 Å². The van der Waals surface area contributed by atoms with Gasteiger partial charge in [0.15, 0.2) is 0 Å². The van der Waals surface area contributed by atoms with E-state index in [1.54, 1.807) is 24.5 Å². The van der Waals surface area contributed by atoms with Gasteiger partial charge in [0.05, 0.1) is 12.0 Å². The monoisotopic (exact) mass is 325 g/mol. The van der Waals surface area contributed by atoms with Crippen LogP contribution < -0.4 is 4.74 Å². The van der Waals surface area contributed by atoms with Gasteiger partial charge in [-0.15, -0.1) is 0 Å². The molecule has 0 aliphatic heterocycles. The predicted molar refractivity (Wildman–Crippen MR) is 71.5 cm³/mol. The molecule has 2 aromatic rings. The summed E-state index contributed by atoms with van der Waals surface area (Å²) in [6, 6.07) is 6.61. The van der Waals surface area contributed by atoms with E-state index in [9.17, 15) is 0 Å². The number of hydrogen-bond acceptors (Lipinski definition) is 3. The zero-order chi connectivity index (χ0) is 13.2. The van der Waals surface area contributed by atoms with Gasteiger partial charge in [0.25, 0.3) is 0 Å². The Morgan fingerprint density at radius 3 is 2.61 bits per heavy atom. The lowest BCUT2D eigenvalue weighted by Crippen LogP contribution is -2.06. The van der Waals surface area contributed by atoms with Gasteiger partial charge in [-0.25, -0.2) is 4.98 Å². The molecule has 0 atom stereocenters.